The van der Waals surface area contributed by atoms with Gasteiger partial charge in [0, 0.05) is 5.69 Å². The van der Waals surface area contributed by atoms with E-state index in [0.717, 1.165) is 0 Å². The lowest BCUT2D eigenvalue weighted by Gasteiger charge is -2.19. The van der Waals surface area contributed by atoms with Crippen LogP contribution in [0, 0.1) is 5.82 Å². The van der Waals surface area contributed by atoms with E-state index in [-0.39, 0.29) is 18.3 Å². The van der Waals surface area contributed by atoms with E-state index < -0.39 is 17.8 Å². The number of ether oxygens (including phenoxy) is 2. The predicted octanol–water partition coefficient (Wildman–Crippen LogP) is 2.56. The first-order valence-corrected chi connectivity index (χ1v) is 7.31. The van der Waals surface area contributed by atoms with E-state index in [1.807, 2.05) is 0 Å². The smallest absolute Gasteiger partial charge is 0.265 e. The molecule has 1 heterocycles. The quantitative estimate of drug-likeness (QED) is 0.903. The summed E-state index contributed by atoms with van der Waals surface area (Å²) < 4.78 is 24.1. The Kier molecular flexibility index (Phi) is 4.33. The van der Waals surface area contributed by atoms with Gasteiger partial charge in [-0.05, 0) is 37.3 Å². The number of para-hydroxylation sites is 1. The van der Waals surface area contributed by atoms with Crippen LogP contribution in [-0.4, -0.2) is 24.5 Å². The van der Waals surface area contributed by atoms with Crippen molar-refractivity contribution in [2.24, 2.45) is 0 Å². The lowest BCUT2D eigenvalue weighted by molar-refractivity contribution is -0.122. The number of halogens is 1. The number of hydrogen-bond acceptors (Lipinski definition) is 4. The zero-order valence-electron chi connectivity index (χ0n) is 12.8. The molecular weight excluding hydrogens is 315 g/mol. The summed E-state index contributed by atoms with van der Waals surface area (Å²) in [5.74, 6) is -0.705. The van der Waals surface area contributed by atoms with Crippen LogP contribution < -0.4 is 20.1 Å². The third kappa shape index (κ3) is 3.45. The van der Waals surface area contributed by atoms with E-state index in [1.165, 1.54) is 25.1 Å². The van der Waals surface area contributed by atoms with Crippen LogP contribution in [0.4, 0.5) is 15.8 Å². The number of hydrogen-bond donors (Lipinski definition) is 2. The van der Waals surface area contributed by atoms with Crippen molar-refractivity contribution < 1.29 is 23.5 Å². The highest BCUT2D eigenvalue weighted by Gasteiger charge is 2.19. The summed E-state index contributed by atoms with van der Waals surface area (Å²) in [7, 11) is 0. The number of nitrogens with one attached hydrogen (secondary N) is 2. The van der Waals surface area contributed by atoms with Gasteiger partial charge in [0.2, 0.25) is 0 Å². The van der Waals surface area contributed by atoms with Crippen molar-refractivity contribution in [3.63, 3.8) is 0 Å². The number of carbonyl (C=O) groups is 2. The largest absolute Gasteiger partial charge is 0.482 e. The highest BCUT2D eigenvalue weighted by atomic mass is 19.1. The first kappa shape index (κ1) is 15.8. The molecule has 0 bridgehead atoms. The van der Waals surface area contributed by atoms with Crippen molar-refractivity contribution in [2.45, 2.75) is 13.0 Å². The fourth-order valence-corrected chi connectivity index (χ4v) is 2.19. The summed E-state index contributed by atoms with van der Waals surface area (Å²) >= 11 is 0. The van der Waals surface area contributed by atoms with E-state index in [1.54, 1.807) is 24.3 Å². The highest BCUT2D eigenvalue weighted by molar-refractivity contribution is 5.98. The minimum Gasteiger partial charge on any atom is -0.482 e. The molecule has 24 heavy (non-hydrogen) atoms. The van der Waals surface area contributed by atoms with Gasteiger partial charge in [-0.2, -0.15) is 0 Å². The molecule has 0 aromatic heterocycles. The van der Waals surface area contributed by atoms with E-state index in [0.29, 0.717) is 17.1 Å². The maximum atomic E-state index is 13.6. The number of fused-ring (bicyclic) bond motifs is 1. The molecule has 0 radical (unpaired) electrons. The molecule has 6 nitrogen and oxygen atoms in total. The number of benzene rings is 2. The molecule has 2 aromatic rings. The summed E-state index contributed by atoms with van der Waals surface area (Å²) in [6.07, 6.45) is -0.899. The maximum Gasteiger partial charge on any atom is 0.265 e. The summed E-state index contributed by atoms with van der Waals surface area (Å²) in [5, 5.41) is 5.31. The molecule has 0 fully saturated rings. The normalized spacial score (nSPS) is 14.0. The van der Waals surface area contributed by atoms with Crippen LogP contribution >= 0.6 is 0 Å². The van der Waals surface area contributed by atoms with Crippen molar-refractivity contribution >= 4 is 23.2 Å². The number of anilines is 2. The van der Waals surface area contributed by atoms with Crippen molar-refractivity contribution in [2.75, 3.05) is 17.2 Å². The van der Waals surface area contributed by atoms with Crippen LogP contribution in [0.2, 0.25) is 0 Å². The molecular formula is C17H15FN2O4. The van der Waals surface area contributed by atoms with Gasteiger partial charge >= 0.3 is 0 Å². The number of rotatable bonds is 4. The van der Waals surface area contributed by atoms with Crippen LogP contribution in [0.25, 0.3) is 0 Å². The molecule has 124 valence electrons. The fraction of sp³-hybridized carbons (Fsp3) is 0.176. The summed E-state index contributed by atoms with van der Waals surface area (Å²) in [5.41, 5.74) is 0.945. The second kappa shape index (κ2) is 6.57. The SMILES string of the molecule is C[C@@H](Oc1ccccc1F)C(=O)Nc1ccc2c(c1)NC(=O)CO2. The Morgan fingerprint density at radius 3 is 2.92 bits per heavy atom. The monoisotopic (exact) mass is 330 g/mol. The summed E-state index contributed by atoms with van der Waals surface area (Å²) in [6.45, 7) is 1.48. The molecule has 3 rings (SSSR count). The zero-order valence-corrected chi connectivity index (χ0v) is 12.8. The van der Waals surface area contributed by atoms with Gasteiger partial charge in [-0.1, -0.05) is 12.1 Å². The average molecular weight is 330 g/mol. The summed E-state index contributed by atoms with van der Waals surface area (Å²) in [4.78, 5) is 23.5. The first-order valence-electron chi connectivity index (χ1n) is 7.31. The van der Waals surface area contributed by atoms with Gasteiger partial charge in [-0.15, -0.1) is 0 Å². The lowest BCUT2D eigenvalue weighted by atomic mass is 10.2. The molecule has 7 heteroatoms. The van der Waals surface area contributed by atoms with Gasteiger partial charge in [0.1, 0.15) is 5.75 Å². The van der Waals surface area contributed by atoms with Gasteiger partial charge in [0.25, 0.3) is 11.8 Å². The van der Waals surface area contributed by atoms with Crippen LogP contribution in [0.1, 0.15) is 6.92 Å². The number of carbonyl (C=O) groups excluding carboxylic acids is 2. The highest BCUT2D eigenvalue weighted by Crippen LogP contribution is 2.30. The Morgan fingerprint density at radius 2 is 2.12 bits per heavy atom. The average Bonchev–Trinajstić information content (AvgIpc) is 2.56. The first-order chi connectivity index (χ1) is 11.5. The zero-order chi connectivity index (χ0) is 17.1. The molecule has 0 saturated heterocycles. The van der Waals surface area contributed by atoms with Gasteiger partial charge in [-0.3, -0.25) is 9.59 Å². The molecule has 1 atom stereocenters. The van der Waals surface area contributed by atoms with Gasteiger partial charge in [0.15, 0.2) is 24.3 Å². The lowest BCUT2D eigenvalue weighted by Crippen LogP contribution is -2.30. The van der Waals surface area contributed by atoms with Crippen molar-refractivity contribution in [3.8, 4) is 11.5 Å². The van der Waals surface area contributed by atoms with Crippen molar-refractivity contribution in [1.82, 2.24) is 0 Å². The second-order valence-electron chi connectivity index (χ2n) is 5.23. The van der Waals surface area contributed by atoms with Crippen LogP contribution in [-0.2, 0) is 9.59 Å². The molecule has 1 aliphatic rings. The van der Waals surface area contributed by atoms with Gasteiger partial charge in [-0.25, -0.2) is 4.39 Å². The standard InChI is InChI=1S/C17H15FN2O4/c1-10(24-14-5-3-2-4-12(14)18)17(22)19-11-6-7-15-13(8-11)20-16(21)9-23-15/h2-8,10H,9H2,1H3,(H,19,22)(H,20,21)/t10-/m1/s1. The van der Waals surface area contributed by atoms with E-state index >= 15 is 0 Å². The molecule has 1 aliphatic heterocycles. The number of amides is 2. The Balaban J connectivity index is 1.67. The minimum atomic E-state index is -0.899. The van der Waals surface area contributed by atoms with Crippen LogP contribution in [0.5, 0.6) is 11.5 Å². The Bertz CT molecular complexity index is 794. The third-order valence-corrected chi connectivity index (χ3v) is 3.39. The molecule has 0 spiro atoms. The molecule has 2 aromatic carbocycles. The Morgan fingerprint density at radius 1 is 1.33 bits per heavy atom. The second-order valence-corrected chi connectivity index (χ2v) is 5.23. The molecule has 0 aliphatic carbocycles. The molecule has 2 amide bonds. The van der Waals surface area contributed by atoms with Crippen LogP contribution in [0.3, 0.4) is 0 Å². The van der Waals surface area contributed by atoms with E-state index in [9.17, 15) is 14.0 Å². The van der Waals surface area contributed by atoms with Crippen molar-refractivity contribution in [3.05, 3.63) is 48.3 Å². The van der Waals surface area contributed by atoms with E-state index in [2.05, 4.69) is 10.6 Å². The maximum absolute atomic E-state index is 13.6. The predicted molar refractivity (Wildman–Crippen MR) is 85.7 cm³/mol. The third-order valence-electron chi connectivity index (χ3n) is 3.39. The Hall–Kier alpha value is -3.09. The fourth-order valence-electron chi connectivity index (χ4n) is 2.19. The van der Waals surface area contributed by atoms with E-state index in [4.69, 9.17) is 9.47 Å². The van der Waals surface area contributed by atoms with Gasteiger partial charge in [0.05, 0.1) is 5.69 Å². The van der Waals surface area contributed by atoms with Gasteiger partial charge < -0.3 is 20.1 Å². The molecule has 0 saturated carbocycles. The minimum absolute atomic E-state index is 0.00579. The molecule has 2 N–H and O–H groups in total. The topological polar surface area (TPSA) is 76.7 Å². The van der Waals surface area contributed by atoms with Crippen molar-refractivity contribution in [1.29, 1.82) is 0 Å². The Labute approximate surface area is 137 Å². The molecule has 0 unspecified atom stereocenters. The van der Waals surface area contributed by atoms with Crippen LogP contribution in [0.15, 0.2) is 42.5 Å². The summed E-state index contributed by atoms with van der Waals surface area (Å²) in [6, 6.07) is 10.7.